The lowest BCUT2D eigenvalue weighted by molar-refractivity contribution is 0.0600. The number of rotatable bonds is 5. The third kappa shape index (κ3) is 3.55. The number of carbonyl (C=O) groups is 2. The van der Waals surface area contributed by atoms with E-state index in [-0.39, 0.29) is 16.3 Å². The lowest BCUT2D eigenvalue weighted by Gasteiger charge is -2.04. The number of benzene rings is 2. The van der Waals surface area contributed by atoms with Crippen LogP contribution in [0.4, 0.5) is 21.0 Å². The molecular formula is C18H14FN3O3S. The van der Waals surface area contributed by atoms with Crippen LogP contribution in [0.2, 0.25) is 0 Å². The summed E-state index contributed by atoms with van der Waals surface area (Å²) in [6, 6.07) is 12.3. The summed E-state index contributed by atoms with van der Waals surface area (Å²) in [5, 5.41) is 3.33. The number of thiazole rings is 1. The molecule has 132 valence electrons. The van der Waals surface area contributed by atoms with Crippen molar-refractivity contribution in [2.75, 3.05) is 18.2 Å². The molecule has 3 N–H and O–H groups in total. The van der Waals surface area contributed by atoms with Crippen molar-refractivity contribution in [3.63, 3.8) is 0 Å². The van der Waals surface area contributed by atoms with Crippen LogP contribution in [0, 0.1) is 5.82 Å². The topological polar surface area (TPSA) is 94.3 Å². The molecule has 0 aliphatic carbocycles. The molecule has 0 fully saturated rings. The van der Waals surface area contributed by atoms with Gasteiger partial charge in [0.25, 0.3) is 0 Å². The number of nitrogens with zero attached hydrogens (tertiary/aromatic N) is 1. The van der Waals surface area contributed by atoms with Gasteiger partial charge in [0.05, 0.1) is 18.2 Å². The Kier molecular flexibility index (Phi) is 4.94. The van der Waals surface area contributed by atoms with Crippen molar-refractivity contribution in [2.45, 2.75) is 0 Å². The highest BCUT2D eigenvalue weighted by Gasteiger charge is 2.20. The van der Waals surface area contributed by atoms with E-state index >= 15 is 0 Å². The average Bonchev–Trinajstić information content (AvgIpc) is 3.01. The molecule has 0 radical (unpaired) electrons. The summed E-state index contributed by atoms with van der Waals surface area (Å²) < 4.78 is 18.5. The van der Waals surface area contributed by atoms with E-state index in [0.717, 1.165) is 11.3 Å². The number of nitrogens with one attached hydrogen (secondary N) is 1. The van der Waals surface area contributed by atoms with E-state index in [1.54, 1.807) is 30.3 Å². The van der Waals surface area contributed by atoms with Gasteiger partial charge in [-0.25, -0.2) is 14.2 Å². The molecule has 0 atom stereocenters. The van der Waals surface area contributed by atoms with Crippen molar-refractivity contribution in [3.05, 3.63) is 70.4 Å². The van der Waals surface area contributed by atoms with Crippen molar-refractivity contribution < 1.29 is 18.7 Å². The number of nitrogens with two attached hydrogens (primary N) is 1. The summed E-state index contributed by atoms with van der Waals surface area (Å²) in [5.74, 6) is -1.61. The van der Waals surface area contributed by atoms with Crippen LogP contribution in [-0.2, 0) is 4.74 Å². The lowest BCUT2D eigenvalue weighted by atomic mass is 10.1. The van der Waals surface area contributed by atoms with E-state index in [0.29, 0.717) is 16.4 Å². The molecule has 0 amide bonds. The van der Waals surface area contributed by atoms with Gasteiger partial charge < -0.3 is 15.8 Å². The molecule has 26 heavy (non-hydrogen) atoms. The third-order valence-electron chi connectivity index (χ3n) is 3.51. The molecule has 1 heterocycles. The molecule has 1 aromatic heterocycles. The molecule has 0 saturated carbocycles. The fourth-order valence-electron chi connectivity index (χ4n) is 2.28. The molecule has 0 aliphatic heterocycles. The number of halogens is 1. The number of methoxy groups -OCH3 is 1. The largest absolute Gasteiger partial charge is 0.465 e. The highest BCUT2D eigenvalue weighted by atomic mass is 32.1. The Morgan fingerprint density at radius 2 is 1.96 bits per heavy atom. The van der Waals surface area contributed by atoms with E-state index in [2.05, 4.69) is 15.0 Å². The molecule has 6 nitrogen and oxygen atoms in total. The SMILES string of the molecule is COC(=O)c1cccc(Nc2nc(N)c(C(=O)c3ccccc3F)s2)c1. The smallest absolute Gasteiger partial charge is 0.337 e. The maximum Gasteiger partial charge on any atom is 0.337 e. The highest BCUT2D eigenvalue weighted by molar-refractivity contribution is 7.18. The summed E-state index contributed by atoms with van der Waals surface area (Å²) in [7, 11) is 1.30. The van der Waals surface area contributed by atoms with Gasteiger partial charge in [0.15, 0.2) is 5.13 Å². The first-order chi connectivity index (χ1) is 12.5. The van der Waals surface area contributed by atoms with Gasteiger partial charge in [0.1, 0.15) is 16.5 Å². The van der Waals surface area contributed by atoms with Crippen LogP contribution in [0.15, 0.2) is 48.5 Å². The van der Waals surface area contributed by atoms with Crippen LogP contribution in [0.3, 0.4) is 0 Å². The van der Waals surface area contributed by atoms with E-state index in [9.17, 15) is 14.0 Å². The molecule has 3 aromatic rings. The second kappa shape index (κ2) is 7.32. The summed E-state index contributed by atoms with van der Waals surface area (Å²) in [5.41, 5.74) is 6.70. The van der Waals surface area contributed by atoms with Crippen LogP contribution in [0.25, 0.3) is 0 Å². The van der Waals surface area contributed by atoms with Crippen LogP contribution < -0.4 is 11.1 Å². The lowest BCUT2D eigenvalue weighted by Crippen LogP contribution is -2.04. The number of aromatic nitrogens is 1. The zero-order chi connectivity index (χ0) is 18.7. The number of carbonyl (C=O) groups excluding carboxylic acids is 2. The first-order valence-corrected chi connectivity index (χ1v) is 8.32. The van der Waals surface area contributed by atoms with Crippen LogP contribution in [0.1, 0.15) is 25.6 Å². The average molecular weight is 371 g/mol. The fourth-order valence-corrected chi connectivity index (χ4v) is 3.14. The molecule has 0 saturated heterocycles. The monoisotopic (exact) mass is 371 g/mol. The van der Waals surface area contributed by atoms with Crippen LogP contribution >= 0.6 is 11.3 Å². The van der Waals surface area contributed by atoms with Crippen molar-refractivity contribution >= 4 is 39.7 Å². The summed E-state index contributed by atoms with van der Waals surface area (Å²) in [4.78, 5) is 28.3. The zero-order valence-electron chi connectivity index (χ0n) is 13.7. The predicted molar refractivity (Wildman–Crippen MR) is 97.4 cm³/mol. The molecule has 8 heteroatoms. The predicted octanol–water partition coefficient (Wildman–Crippen LogP) is 3.63. The van der Waals surface area contributed by atoms with Crippen molar-refractivity contribution in [2.24, 2.45) is 0 Å². The molecule has 0 unspecified atom stereocenters. The van der Waals surface area contributed by atoms with Gasteiger partial charge in [0, 0.05) is 5.69 Å². The van der Waals surface area contributed by atoms with Crippen LogP contribution in [0.5, 0.6) is 0 Å². The van der Waals surface area contributed by atoms with E-state index in [4.69, 9.17) is 5.73 Å². The van der Waals surface area contributed by atoms with Crippen molar-refractivity contribution in [1.82, 2.24) is 4.98 Å². The maximum atomic E-state index is 13.8. The number of anilines is 3. The minimum atomic E-state index is -0.620. The van der Waals surface area contributed by atoms with E-state index < -0.39 is 17.6 Å². The minimum absolute atomic E-state index is 0.00914. The minimum Gasteiger partial charge on any atom is -0.465 e. The molecule has 0 bridgehead atoms. The normalized spacial score (nSPS) is 10.4. The number of ketones is 1. The fraction of sp³-hybridized carbons (Fsp3) is 0.0556. The zero-order valence-corrected chi connectivity index (χ0v) is 14.5. The Morgan fingerprint density at radius 3 is 2.69 bits per heavy atom. The number of hydrogen-bond acceptors (Lipinski definition) is 7. The second-order valence-corrected chi connectivity index (χ2v) is 6.24. The highest BCUT2D eigenvalue weighted by Crippen LogP contribution is 2.30. The van der Waals surface area contributed by atoms with Crippen molar-refractivity contribution in [3.8, 4) is 0 Å². The number of hydrogen-bond donors (Lipinski definition) is 2. The Labute approximate surface area is 152 Å². The van der Waals surface area contributed by atoms with Gasteiger partial charge in [-0.05, 0) is 30.3 Å². The first-order valence-electron chi connectivity index (χ1n) is 7.50. The summed E-state index contributed by atoms with van der Waals surface area (Å²) in [6.45, 7) is 0. The molecule has 3 rings (SSSR count). The molecule has 2 aromatic carbocycles. The molecular weight excluding hydrogens is 357 g/mol. The number of ether oxygens (including phenoxy) is 1. The Bertz CT molecular complexity index is 987. The Balaban J connectivity index is 1.86. The van der Waals surface area contributed by atoms with Gasteiger partial charge in [-0.2, -0.15) is 0 Å². The van der Waals surface area contributed by atoms with Gasteiger partial charge in [-0.3, -0.25) is 4.79 Å². The van der Waals surface area contributed by atoms with Gasteiger partial charge in [-0.15, -0.1) is 0 Å². The van der Waals surface area contributed by atoms with E-state index in [1.807, 2.05) is 0 Å². The quantitative estimate of drug-likeness (QED) is 0.525. The van der Waals surface area contributed by atoms with E-state index in [1.165, 1.54) is 25.3 Å². The number of nitrogen functional groups attached to an aromatic ring is 1. The molecule has 0 spiro atoms. The first kappa shape index (κ1) is 17.6. The van der Waals surface area contributed by atoms with Gasteiger partial charge in [0.2, 0.25) is 5.78 Å². The third-order valence-corrected chi connectivity index (χ3v) is 4.50. The van der Waals surface area contributed by atoms with Crippen LogP contribution in [-0.4, -0.2) is 23.8 Å². The summed E-state index contributed by atoms with van der Waals surface area (Å²) in [6.07, 6.45) is 0. The number of esters is 1. The van der Waals surface area contributed by atoms with Gasteiger partial charge in [-0.1, -0.05) is 29.5 Å². The van der Waals surface area contributed by atoms with Crippen molar-refractivity contribution in [1.29, 1.82) is 0 Å². The maximum absolute atomic E-state index is 13.8. The summed E-state index contributed by atoms with van der Waals surface area (Å²) >= 11 is 1.01. The Morgan fingerprint density at radius 1 is 1.19 bits per heavy atom. The Hall–Kier alpha value is -3.26. The van der Waals surface area contributed by atoms with Gasteiger partial charge >= 0.3 is 5.97 Å². The molecule has 0 aliphatic rings. The second-order valence-electron chi connectivity index (χ2n) is 5.24. The standard InChI is InChI=1S/C18H14FN3O3S/c1-25-17(24)10-5-4-6-11(9-10)21-18-22-16(20)15(26-18)14(23)12-7-2-3-8-13(12)19/h2-9H,20H2,1H3,(H,21,22).